The molecule has 0 rings (SSSR count). The van der Waals surface area contributed by atoms with Crippen molar-refractivity contribution in [1.82, 2.24) is 10.6 Å². The van der Waals surface area contributed by atoms with Gasteiger partial charge in [0.1, 0.15) is 6.04 Å². The third-order valence-electron chi connectivity index (χ3n) is 2.23. The van der Waals surface area contributed by atoms with Crippen LogP contribution in [-0.2, 0) is 46.5 Å². The van der Waals surface area contributed by atoms with Gasteiger partial charge >= 0.3 is 27.3 Å². The number of hydrogen-bond donors (Lipinski definition) is 4. The molecule has 0 saturated heterocycles. The fourth-order valence-corrected chi connectivity index (χ4v) is 1.40. The Labute approximate surface area is 146 Å². The fraction of sp³-hybridized carbons (Fsp3) is 0.600. The molecule has 0 aliphatic heterocycles. The molecule has 0 radical (unpaired) electrons. The van der Waals surface area contributed by atoms with Gasteiger partial charge in [0.15, 0.2) is 0 Å². The summed E-state index contributed by atoms with van der Waals surface area (Å²) < 4.78 is 0. The molecule has 2 unspecified atom stereocenters. The number of nitrogens with one attached hydrogen (secondary N) is 2. The van der Waals surface area contributed by atoms with Crippen molar-refractivity contribution in [2.45, 2.75) is 24.9 Å². The molecule has 0 bridgehead atoms. The quantitative estimate of drug-likeness (QED) is 0.216. The van der Waals surface area contributed by atoms with Gasteiger partial charge in [-0.3, -0.25) is 9.59 Å². The minimum absolute atomic E-state index is 0. The average Bonchev–Trinajstić information content (AvgIpc) is 2.38. The van der Waals surface area contributed by atoms with Crippen molar-refractivity contribution in [3.05, 3.63) is 0 Å². The van der Waals surface area contributed by atoms with E-state index in [1.54, 1.807) is 0 Å². The summed E-state index contributed by atoms with van der Waals surface area (Å²) in [5.41, 5.74) is 5.16. The molecule has 0 aromatic rings. The maximum Gasteiger partial charge on any atom is 2.00 e. The van der Waals surface area contributed by atoms with Crippen LogP contribution in [0.2, 0.25) is 0 Å². The molecule has 0 saturated carbocycles. The predicted molar refractivity (Wildman–Crippen MR) is 66.0 cm³/mol. The van der Waals surface area contributed by atoms with E-state index < -0.39 is 42.4 Å². The van der Waals surface area contributed by atoms with E-state index >= 15 is 0 Å². The monoisotopic (exact) mass is 419 g/mol. The molecular weight excluding hydrogens is 403 g/mol. The average molecular weight is 418 g/mol. The molecule has 0 spiro atoms. The Kier molecular flexibility index (Phi) is 12.5. The number of rotatable bonds is 9. The summed E-state index contributed by atoms with van der Waals surface area (Å²) in [6.07, 6.45) is -0.360. The van der Waals surface area contributed by atoms with Crippen LogP contribution in [0.15, 0.2) is 0 Å². The number of carboxylic acids is 2. The van der Waals surface area contributed by atoms with E-state index in [4.69, 9.17) is 5.73 Å². The van der Waals surface area contributed by atoms with E-state index in [2.05, 4.69) is 17.9 Å². The minimum atomic E-state index is -1.48. The molecule has 2 atom stereocenters. The summed E-state index contributed by atoms with van der Waals surface area (Å²) >= 11 is 3.85. The van der Waals surface area contributed by atoms with E-state index in [0.717, 1.165) is 0 Å². The first-order valence-electron chi connectivity index (χ1n) is 5.62. The van der Waals surface area contributed by atoms with Gasteiger partial charge in [0, 0.05) is 18.2 Å². The number of amides is 2. The molecule has 21 heavy (non-hydrogen) atoms. The third kappa shape index (κ3) is 10.5. The van der Waals surface area contributed by atoms with Gasteiger partial charge in [0.05, 0.1) is 18.5 Å². The SMILES string of the molecule is NC(CCC(=O)NC(CS)C(=O)NCC(=O)[O-])C(=O)[O-].[Cd+2]. The summed E-state index contributed by atoms with van der Waals surface area (Å²) in [6, 6.07) is -2.31. The number of hydrogen-bond acceptors (Lipinski definition) is 8. The molecular formula is C10H15CdN3O6S. The zero-order valence-electron chi connectivity index (χ0n) is 11.2. The summed E-state index contributed by atoms with van der Waals surface area (Å²) in [5, 5.41) is 24.8. The van der Waals surface area contributed by atoms with Crippen molar-refractivity contribution < 1.29 is 56.7 Å². The van der Waals surface area contributed by atoms with Crippen molar-refractivity contribution in [2.75, 3.05) is 12.3 Å². The maximum absolute atomic E-state index is 11.5. The number of nitrogens with two attached hydrogens (primary N) is 1. The zero-order valence-corrected chi connectivity index (χ0v) is 16.1. The van der Waals surface area contributed by atoms with E-state index in [0.29, 0.717) is 0 Å². The van der Waals surface area contributed by atoms with Crippen molar-refractivity contribution in [1.29, 1.82) is 0 Å². The van der Waals surface area contributed by atoms with E-state index in [1.807, 2.05) is 5.32 Å². The predicted octanol–water partition coefficient (Wildman–Crippen LogP) is -4.88. The zero-order chi connectivity index (χ0) is 15.7. The molecule has 2 amide bonds. The Bertz CT molecular complexity index is 395. The number of carboxylic acid groups (broad SMARTS) is 2. The normalized spacial score (nSPS) is 12.5. The van der Waals surface area contributed by atoms with Crippen LogP contribution in [0, 0.1) is 0 Å². The smallest absolute Gasteiger partial charge is 0.548 e. The van der Waals surface area contributed by atoms with Crippen LogP contribution in [0.5, 0.6) is 0 Å². The van der Waals surface area contributed by atoms with E-state index in [9.17, 15) is 29.4 Å². The van der Waals surface area contributed by atoms with Gasteiger partial charge in [-0.05, 0) is 6.42 Å². The maximum atomic E-state index is 11.5. The van der Waals surface area contributed by atoms with Gasteiger partial charge in [0.25, 0.3) is 0 Å². The molecule has 11 heteroatoms. The Morgan fingerprint density at radius 2 is 1.76 bits per heavy atom. The Morgan fingerprint density at radius 3 is 2.19 bits per heavy atom. The van der Waals surface area contributed by atoms with Gasteiger partial charge in [-0.1, -0.05) is 0 Å². The minimum Gasteiger partial charge on any atom is -0.548 e. The van der Waals surface area contributed by atoms with Crippen molar-refractivity contribution in [2.24, 2.45) is 5.73 Å². The standard InChI is InChI=1S/C10H17N3O6S.Cd/c11-5(10(18)19)1-2-7(14)13-6(4-20)9(17)12-3-8(15)16;/h5-6,20H,1-4,11H2,(H,12,17)(H,13,14)(H,15,16)(H,18,19);/q;+2/p-2. The number of carbonyl (C=O) groups is 4. The van der Waals surface area contributed by atoms with Crippen molar-refractivity contribution in [3.8, 4) is 0 Å². The van der Waals surface area contributed by atoms with Crippen LogP contribution in [-0.4, -0.2) is 48.1 Å². The van der Waals surface area contributed by atoms with Crippen LogP contribution in [0.1, 0.15) is 12.8 Å². The van der Waals surface area contributed by atoms with Gasteiger partial charge in [-0.2, -0.15) is 12.6 Å². The summed E-state index contributed by atoms with van der Waals surface area (Å²) in [6.45, 7) is -0.686. The number of carbonyl (C=O) groups excluding carboxylic acids is 4. The van der Waals surface area contributed by atoms with Crippen molar-refractivity contribution >= 4 is 36.4 Å². The first kappa shape index (κ1) is 22.4. The molecule has 0 fully saturated rings. The van der Waals surface area contributed by atoms with Crippen LogP contribution in [0.4, 0.5) is 0 Å². The molecule has 0 aromatic heterocycles. The molecule has 114 valence electrons. The fourth-order valence-electron chi connectivity index (χ4n) is 1.15. The molecule has 0 aliphatic rings. The molecule has 0 aliphatic carbocycles. The topological polar surface area (TPSA) is 164 Å². The van der Waals surface area contributed by atoms with Crippen LogP contribution in [0.25, 0.3) is 0 Å². The van der Waals surface area contributed by atoms with Gasteiger partial charge in [-0.25, -0.2) is 0 Å². The second-order valence-electron chi connectivity index (χ2n) is 3.86. The Morgan fingerprint density at radius 1 is 1.19 bits per heavy atom. The molecule has 9 nitrogen and oxygen atoms in total. The second kappa shape index (κ2) is 11.7. The van der Waals surface area contributed by atoms with Crippen LogP contribution >= 0.6 is 12.6 Å². The van der Waals surface area contributed by atoms with Crippen LogP contribution in [0.3, 0.4) is 0 Å². The molecule has 0 heterocycles. The first-order chi connectivity index (χ1) is 9.27. The second-order valence-corrected chi connectivity index (χ2v) is 4.22. The molecule has 4 N–H and O–H groups in total. The molecule has 0 aromatic carbocycles. The van der Waals surface area contributed by atoms with Gasteiger partial charge in [-0.15, -0.1) is 0 Å². The Hall–Kier alpha value is -0.888. The largest absolute Gasteiger partial charge is 2.00 e. The summed E-state index contributed by atoms with van der Waals surface area (Å²) in [5.74, 6) is -4.35. The van der Waals surface area contributed by atoms with E-state index in [1.165, 1.54) is 0 Å². The van der Waals surface area contributed by atoms with Gasteiger partial charge in [0.2, 0.25) is 11.8 Å². The Balaban J connectivity index is 0. The van der Waals surface area contributed by atoms with Crippen molar-refractivity contribution in [3.63, 3.8) is 0 Å². The van der Waals surface area contributed by atoms with Crippen LogP contribution < -0.4 is 26.6 Å². The number of thiol groups is 1. The first-order valence-corrected chi connectivity index (χ1v) is 6.25. The van der Waals surface area contributed by atoms with E-state index in [-0.39, 0.29) is 45.9 Å². The number of aliphatic carboxylic acids is 2. The summed E-state index contributed by atoms with van der Waals surface area (Å²) in [7, 11) is 0. The van der Waals surface area contributed by atoms with Gasteiger partial charge < -0.3 is 36.2 Å². The summed E-state index contributed by atoms with van der Waals surface area (Å²) in [4.78, 5) is 43.4. The third-order valence-corrected chi connectivity index (χ3v) is 2.59.